The monoisotopic (exact) mass is 390 g/mol. The summed E-state index contributed by atoms with van der Waals surface area (Å²) in [6.45, 7) is 3.82. The van der Waals surface area contributed by atoms with Gasteiger partial charge in [-0.1, -0.05) is 0 Å². The Morgan fingerprint density at radius 3 is 2.70 bits per heavy atom. The number of ether oxygens (including phenoxy) is 1. The molecule has 0 bridgehead atoms. The van der Waals surface area contributed by atoms with Gasteiger partial charge in [0.1, 0.15) is 11.7 Å². The lowest BCUT2D eigenvalue weighted by molar-refractivity contribution is -0.142. The fourth-order valence-corrected chi connectivity index (χ4v) is 3.20. The third-order valence-electron chi connectivity index (χ3n) is 4.70. The average molecular weight is 391 g/mol. The van der Waals surface area contributed by atoms with Crippen LogP contribution >= 0.6 is 12.4 Å². The zero-order valence-corrected chi connectivity index (χ0v) is 16.5. The van der Waals surface area contributed by atoms with Crippen LogP contribution in [0.15, 0.2) is 35.4 Å². The summed E-state index contributed by atoms with van der Waals surface area (Å²) in [5.74, 6) is -0.467. The highest BCUT2D eigenvalue weighted by Crippen LogP contribution is 2.26. The Kier molecular flexibility index (Phi) is 6.08. The van der Waals surface area contributed by atoms with Crippen molar-refractivity contribution in [2.24, 2.45) is 12.8 Å². The fraction of sp³-hybridized carbons (Fsp3) is 0.316. The van der Waals surface area contributed by atoms with Gasteiger partial charge in [-0.2, -0.15) is 0 Å². The van der Waals surface area contributed by atoms with Crippen LogP contribution in [-0.2, 0) is 23.0 Å². The zero-order chi connectivity index (χ0) is 19.0. The van der Waals surface area contributed by atoms with Crippen molar-refractivity contribution >= 4 is 24.0 Å². The summed E-state index contributed by atoms with van der Waals surface area (Å²) >= 11 is 0. The van der Waals surface area contributed by atoms with E-state index in [0.717, 1.165) is 22.5 Å². The number of esters is 1. The molecule has 0 aliphatic rings. The van der Waals surface area contributed by atoms with E-state index in [9.17, 15) is 9.59 Å². The van der Waals surface area contributed by atoms with Crippen LogP contribution < -0.4 is 11.3 Å². The predicted octanol–water partition coefficient (Wildman–Crippen LogP) is 1.78. The number of pyridine rings is 2. The third-order valence-corrected chi connectivity index (χ3v) is 4.70. The van der Waals surface area contributed by atoms with E-state index in [0.29, 0.717) is 17.6 Å². The van der Waals surface area contributed by atoms with Crippen molar-refractivity contribution in [1.82, 2.24) is 14.0 Å². The molecule has 0 aliphatic heterocycles. The molecule has 0 saturated heterocycles. The molecule has 3 heterocycles. The lowest BCUT2D eigenvalue weighted by Crippen LogP contribution is -2.34. The first-order valence-corrected chi connectivity index (χ1v) is 8.31. The Morgan fingerprint density at radius 2 is 2.04 bits per heavy atom. The number of hydrogen-bond donors (Lipinski definition) is 1. The Balaban J connectivity index is 0.00000261. The first-order valence-electron chi connectivity index (χ1n) is 8.31. The van der Waals surface area contributed by atoms with E-state index in [1.165, 1.54) is 7.11 Å². The average Bonchev–Trinajstić information content (AvgIpc) is 3.11. The SMILES string of the molecule is COC(=O)[C@@H](N)Cc1ccc(-c2c(C)cc(C)n(C)c2=O)c2nccn12.Cl. The van der Waals surface area contributed by atoms with Crippen LogP contribution in [0.4, 0.5) is 0 Å². The number of imidazole rings is 1. The van der Waals surface area contributed by atoms with Gasteiger partial charge in [0.05, 0.1) is 12.7 Å². The Hall–Kier alpha value is -2.64. The fourth-order valence-electron chi connectivity index (χ4n) is 3.20. The smallest absolute Gasteiger partial charge is 0.323 e. The second kappa shape index (κ2) is 7.94. The number of carbonyl (C=O) groups excluding carboxylic acids is 1. The summed E-state index contributed by atoms with van der Waals surface area (Å²) in [6, 6.07) is 4.95. The van der Waals surface area contributed by atoms with Crippen LogP contribution in [0.1, 0.15) is 17.0 Å². The van der Waals surface area contributed by atoms with Gasteiger partial charge in [-0.05, 0) is 37.6 Å². The van der Waals surface area contributed by atoms with Gasteiger partial charge in [-0.25, -0.2) is 4.98 Å². The molecule has 2 N–H and O–H groups in total. The van der Waals surface area contributed by atoms with Crippen molar-refractivity contribution in [3.05, 3.63) is 57.9 Å². The Morgan fingerprint density at radius 1 is 1.33 bits per heavy atom. The maximum Gasteiger partial charge on any atom is 0.323 e. The highest BCUT2D eigenvalue weighted by molar-refractivity contribution is 5.85. The van der Waals surface area contributed by atoms with E-state index in [4.69, 9.17) is 10.5 Å². The molecule has 8 heteroatoms. The summed E-state index contributed by atoms with van der Waals surface area (Å²) < 4.78 is 8.18. The number of halogens is 1. The van der Waals surface area contributed by atoms with E-state index in [1.54, 1.807) is 24.0 Å². The van der Waals surface area contributed by atoms with Gasteiger partial charge in [-0.15, -0.1) is 12.4 Å². The minimum atomic E-state index is -0.759. The second-order valence-electron chi connectivity index (χ2n) is 6.40. The summed E-state index contributed by atoms with van der Waals surface area (Å²) in [6.07, 6.45) is 3.77. The molecule has 0 fully saturated rings. The standard InChI is InChI=1S/C19H22N4O3.ClH/c1-11-9-12(2)22(3)18(24)16(11)14-6-5-13(10-15(20)19(25)26-4)23-8-7-21-17(14)23;/h5-9,15H,10,20H2,1-4H3;1H/t15-;/m0./s1. The van der Waals surface area contributed by atoms with E-state index < -0.39 is 12.0 Å². The summed E-state index contributed by atoms with van der Waals surface area (Å²) in [7, 11) is 3.07. The largest absolute Gasteiger partial charge is 0.468 e. The lowest BCUT2D eigenvalue weighted by atomic mass is 10.0. The van der Waals surface area contributed by atoms with Crippen LogP contribution in [0.25, 0.3) is 16.8 Å². The Labute approximate surface area is 163 Å². The van der Waals surface area contributed by atoms with Crippen LogP contribution in [0, 0.1) is 13.8 Å². The molecule has 0 spiro atoms. The molecule has 7 nitrogen and oxygen atoms in total. The molecule has 144 valence electrons. The summed E-state index contributed by atoms with van der Waals surface area (Å²) in [5, 5.41) is 0. The first kappa shape index (κ1) is 20.7. The lowest BCUT2D eigenvalue weighted by Gasteiger charge is -2.15. The number of hydrogen-bond acceptors (Lipinski definition) is 5. The Bertz CT molecular complexity index is 1060. The molecule has 0 amide bonds. The summed E-state index contributed by atoms with van der Waals surface area (Å²) in [4.78, 5) is 28.9. The van der Waals surface area contributed by atoms with E-state index in [-0.39, 0.29) is 18.0 Å². The maximum absolute atomic E-state index is 12.8. The number of aryl methyl sites for hydroxylation is 2. The van der Waals surface area contributed by atoms with Gasteiger partial charge < -0.3 is 19.4 Å². The van der Waals surface area contributed by atoms with Crippen LogP contribution in [-0.4, -0.2) is 33.1 Å². The number of aromatic nitrogens is 3. The van der Waals surface area contributed by atoms with Gasteiger partial charge in [0.15, 0.2) is 0 Å². The molecule has 27 heavy (non-hydrogen) atoms. The van der Waals surface area contributed by atoms with Crippen LogP contribution in [0.2, 0.25) is 0 Å². The first-order chi connectivity index (χ1) is 12.3. The van der Waals surface area contributed by atoms with E-state index >= 15 is 0 Å². The summed E-state index contributed by atoms with van der Waals surface area (Å²) in [5.41, 5.74) is 10.5. The van der Waals surface area contributed by atoms with Crippen molar-refractivity contribution in [2.75, 3.05) is 7.11 Å². The normalized spacial score (nSPS) is 11.9. The van der Waals surface area contributed by atoms with Crippen LogP contribution in [0.3, 0.4) is 0 Å². The quantitative estimate of drug-likeness (QED) is 0.685. The number of methoxy groups -OCH3 is 1. The zero-order valence-electron chi connectivity index (χ0n) is 15.7. The predicted molar refractivity (Wildman–Crippen MR) is 106 cm³/mol. The molecule has 3 rings (SSSR count). The van der Waals surface area contributed by atoms with Crippen molar-refractivity contribution in [3.8, 4) is 11.1 Å². The minimum absolute atomic E-state index is 0. The topological polar surface area (TPSA) is 91.6 Å². The van der Waals surface area contributed by atoms with Crippen molar-refractivity contribution in [3.63, 3.8) is 0 Å². The number of fused-ring (bicyclic) bond motifs is 1. The van der Waals surface area contributed by atoms with Crippen LogP contribution in [0.5, 0.6) is 0 Å². The van der Waals surface area contributed by atoms with Gasteiger partial charge in [0.2, 0.25) is 0 Å². The molecule has 0 saturated carbocycles. The van der Waals surface area contributed by atoms with Crippen molar-refractivity contribution in [2.45, 2.75) is 26.3 Å². The second-order valence-corrected chi connectivity index (χ2v) is 6.40. The number of carbonyl (C=O) groups is 1. The molecule has 3 aromatic heterocycles. The molecular weight excluding hydrogens is 368 g/mol. The van der Waals surface area contributed by atoms with Gasteiger partial charge in [0.25, 0.3) is 5.56 Å². The highest BCUT2D eigenvalue weighted by atomic mass is 35.5. The molecule has 0 aliphatic carbocycles. The molecule has 1 atom stereocenters. The van der Waals surface area contributed by atoms with Crippen molar-refractivity contribution < 1.29 is 9.53 Å². The molecule has 0 unspecified atom stereocenters. The van der Waals surface area contributed by atoms with Gasteiger partial charge in [0, 0.05) is 42.8 Å². The number of rotatable bonds is 4. The van der Waals surface area contributed by atoms with Gasteiger partial charge in [-0.3, -0.25) is 9.59 Å². The molecular formula is C19H23ClN4O3. The van der Waals surface area contributed by atoms with E-state index in [1.807, 2.05) is 36.4 Å². The molecule has 0 radical (unpaired) electrons. The van der Waals surface area contributed by atoms with E-state index in [2.05, 4.69) is 4.98 Å². The number of nitrogens with zero attached hydrogens (tertiary/aromatic N) is 3. The molecule has 0 aromatic carbocycles. The third kappa shape index (κ3) is 3.61. The molecule has 3 aromatic rings. The van der Waals surface area contributed by atoms with Crippen molar-refractivity contribution in [1.29, 1.82) is 0 Å². The number of nitrogens with two attached hydrogens (primary N) is 1. The highest BCUT2D eigenvalue weighted by Gasteiger charge is 2.19. The maximum atomic E-state index is 12.8. The minimum Gasteiger partial charge on any atom is -0.468 e. The van der Waals surface area contributed by atoms with Gasteiger partial charge >= 0.3 is 5.97 Å².